The number of hydrogen-bond donors (Lipinski definition) is 0. The zero-order valence-corrected chi connectivity index (χ0v) is 11.4. The van der Waals surface area contributed by atoms with E-state index in [1.807, 2.05) is 6.08 Å². The van der Waals surface area contributed by atoms with Gasteiger partial charge in [0.1, 0.15) is 0 Å². The number of nitrogens with zero attached hydrogens (tertiary/aromatic N) is 1. The van der Waals surface area contributed by atoms with Gasteiger partial charge in [0.15, 0.2) is 0 Å². The Bertz CT molecular complexity index is 241. The zero-order valence-electron chi connectivity index (χ0n) is 11.4. The molecule has 0 rings (SSSR count). The van der Waals surface area contributed by atoms with Gasteiger partial charge in [-0.1, -0.05) is 26.8 Å². The number of ether oxygens (including phenoxy) is 1. The van der Waals surface area contributed by atoms with Crippen LogP contribution in [0, 0.1) is 5.41 Å². The van der Waals surface area contributed by atoms with Crippen LogP contribution in [0.4, 0.5) is 0 Å². The van der Waals surface area contributed by atoms with Crippen molar-refractivity contribution < 1.29 is 9.53 Å². The monoisotopic (exact) mass is 227 g/mol. The van der Waals surface area contributed by atoms with Gasteiger partial charge in [-0.25, -0.2) is 4.79 Å². The van der Waals surface area contributed by atoms with E-state index < -0.39 is 0 Å². The van der Waals surface area contributed by atoms with Gasteiger partial charge in [0.2, 0.25) is 0 Å². The van der Waals surface area contributed by atoms with Gasteiger partial charge >= 0.3 is 5.97 Å². The molecule has 94 valence electrons. The van der Waals surface area contributed by atoms with Crippen molar-refractivity contribution in [2.75, 3.05) is 20.2 Å². The van der Waals surface area contributed by atoms with Crippen molar-refractivity contribution >= 4 is 5.97 Å². The van der Waals surface area contributed by atoms with E-state index in [-0.39, 0.29) is 11.4 Å². The molecule has 0 amide bonds. The van der Waals surface area contributed by atoms with Crippen molar-refractivity contribution in [3.8, 4) is 0 Å². The van der Waals surface area contributed by atoms with Gasteiger partial charge in [0.25, 0.3) is 0 Å². The number of rotatable bonds is 5. The SMILES string of the molecule is CCOC(=O)/C=C/CN(C)C(C)C(C)(C)C. The summed E-state index contributed by atoms with van der Waals surface area (Å²) in [6.45, 7) is 11.8. The van der Waals surface area contributed by atoms with E-state index in [4.69, 9.17) is 4.74 Å². The van der Waals surface area contributed by atoms with Crippen molar-refractivity contribution in [1.82, 2.24) is 4.90 Å². The second kappa shape index (κ2) is 6.69. The van der Waals surface area contributed by atoms with Crippen LogP contribution in [-0.2, 0) is 9.53 Å². The van der Waals surface area contributed by atoms with E-state index in [1.165, 1.54) is 6.08 Å². The standard InChI is InChI=1S/C13H25NO2/c1-7-16-12(15)9-8-10-14(6)11(2)13(3,4)5/h8-9,11H,7,10H2,1-6H3/b9-8+. The fraction of sp³-hybridized carbons (Fsp3) is 0.769. The normalized spacial score (nSPS) is 14.4. The summed E-state index contributed by atoms with van der Waals surface area (Å²) < 4.78 is 4.81. The molecule has 0 aromatic carbocycles. The summed E-state index contributed by atoms with van der Waals surface area (Å²) in [4.78, 5) is 13.3. The van der Waals surface area contributed by atoms with Crippen LogP contribution >= 0.6 is 0 Å². The fourth-order valence-corrected chi connectivity index (χ4v) is 1.32. The predicted molar refractivity (Wildman–Crippen MR) is 67.3 cm³/mol. The van der Waals surface area contributed by atoms with Crippen LogP contribution in [0.15, 0.2) is 12.2 Å². The third-order valence-electron chi connectivity index (χ3n) is 2.85. The number of likely N-dealkylation sites (N-methyl/N-ethyl adjacent to an activating group) is 1. The van der Waals surface area contributed by atoms with Crippen molar-refractivity contribution in [3.63, 3.8) is 0 Å². The first-order valence-electron chi connectivity index (χ1n) is 5.82. The maximum absolute atomic E-state index is 11.1. The molecule has 0 N–H and O–H groups in total. The molecule has 0 radical (unpaired) electrons. The molecule has 0 aliphatic carbocycles. The second-order valence-electron chi connectivity index (χ2n) is 5.14. The highest BCUT2D eigenvalue weighted by molar-refractivity contribution is 5.81. The summed E-state index contributed by atoms with van der Waals surface area (Å²) in [5, 5.41) is 0. The third-order valence-corrected chi connectivity index (χ3v) is 2.85. The minimum atomic E-state index is -0.265. The molecule has 16 heavy (non-hydrogen) atoms. The van der Waals surface area contributed by atoms with Gasteiger partial charge in [-0.15, -0.1) is 0 Å². The average molecular weight is 227 g/mol. The Morgan fingerprint density at radius 3 is 2.44 bits per heavy atom. The zero-order chi connectivity index (χ0) is 12.8. The van der Waals surface area contributed by atoms with Gasteiger partial charge < -0.3 is 4.74 Å². The van der Waals surface area contributed by atoms with Crippen molar-refractivity contribution in [2.45, 2.75) is 40.7 Å². The Balaban J connectivity index is 4.07. The summed E-state index contributed by atoms with van der Waals surface area (Å²) in [5.41, 5.74) is 0.243. The van der Waals surface area contributed by atoms with E-state index in [9.17, 15) is 4.79 Å². The fourth-order valence-electron chi connectivity index (χ4n) is 1.32. The largest absolute Gasteiger partial charge is 0.463 e. The maximum Gasteiger partial charge on any atom is 0.330 e. The molecule has 0 bridgehead atoms. The molecule has 0 spiro atoms. The molecular weight excluding hydrogens is 202 g/mol. The minimum Gasteiger partial charge on any atom is -0.463 e. The molecule has 3 heteroatoms. The van der Waals surface area contributed by atoms with Gasteiger partial charge in [-0.2, -0.15) is 0 Å². The number of carbonyl (C=O) groups is 1. The number of carbonyl (C=O) groups excluding carboxylic acids is 1. The van der Waals surface area contributed by atoms with Crippen molar-refractivity contribution in [1.29, 1.82) is 0 Å². The maximum atomic E-state index is 11.1. The molecule has 1 atom stereocenters. The summed E-state index contributed by atoms with van der Waals surface area (Å²) in [6.07, 6.45) is 3.34. The van der Waals surface area contributed by atoms with Crippen LogP contribution in [0.3, 0.4) is 0 Å². The van der Waals surface area contributed by atoms with Crippen LogP contribution in [0.1, 0.15) is 34.6 Å². The molecule has 0 heterocycles. The lowest BCUT2D eigenvalue weighted by molar-refractivity contribution is -0.137. The first-order chi connectivity index (χ1) is 7.29. The molecule has 3 nitrogen and oxygen atoms in total. The van der Waals surface area contributed by atoms with Crippen molar-refractivity contribution in [2.24, 2.45) is 5.41 Å². The topological polar surface area (TPSA) is 29.5 Å². The van der Waals surface area contributed by atoms with Gasteiger partial charge in [0.05, 0.1) is 6.61 Å². The predicted octanol–water partition coefficient (Wildman–Crippen LogP) is 2.47. The van der Waals surface area contributed by atoms with Gasteiger partial charge in [-0.05, 0) is 26.3 Å². The quantitative estimate of drug-likeness (QED) is 0.534. The molecule has 0 aromatic heterocycles. The number of hydrogen-bond acceptors (Lipinski definition) is 3. The lowest BCUT2D eigenvalue weighted by Crippen LogP contribution is -2.39. The molecule has 1 unspecified atom stereocenters. The van der Waals surface area contributed by atoms with E-state index >= 15 is 0 Å². The summed E-state index contributed by atoms with van der Waals surface area (Å²) in [6, 6.07) is 0.458. The Hall–Kier alpha value is -0.830. The summed E-state index contributed by atoms with van der Waals surface area (Å²) >= 11 is 0. The molecule has 0 aliphatic heterocycles. The molecule has 0 saturated heterocycles. The Kier molecular flexibility index (Phi) is 6.34. The van der Waals surface area contributed by atoms with Crippen molar-refractivity contribution in [3.05, 3.63) is 12.2 Å². The smallest absolute Gasteiger partial charge is 0.330 e. The Labute approximate surface area is 99.5 Å². The first-order valence-corrected chi connectivity index (χ1v) is 5.82. The van der Waals surface area contributed by atoms with Crippen LogP contribution in [0.2, 0.25) is 0 Å². The molecule has 0 aromatic rings. The van der Waals surface area contributed by atoms with Gasteiger partial charge in [0, 0.05) is 18.7 Å². The highest BCUT2D eigenvalue weighted by atomic mass is 16.5. The van der Waals surface area contributed by atoms with Crippen LogP contribution in [0.25, 0.3) is 0 Å². The Morgan fingerprint density at radius 1 is 1.44 bits per heavy atom. The third kappa shape index (κ3) is 5.91. The van der Waals surface area contributed by atoms with Crippen LogP contribution < -0.4 is 0 Å². The first kappa shape index (κ1) is 15.2. The molecular formula is C13H25NO2. The Morgan fingerprint density at radius 2 is 2.00 bits per heavy atom. The molecule has 0 saturated carbocycles. The lowest BCUT2D eigenvalue weighted by atomic mass is 9.87. The van der Waals surface area contributed by atoms with E-state index in [0.29, 0.717) is 12.6 Å². The van der Waals surface area contributed by atoms with Crippen LogP contribution in [0.5, 0.6) is 0 Å². The molecule has 0 aliphatic rings. The lowest BCUT2D eigenvalue weighted by Gasteiger charge is -2.34. The molecule has 0 fully saturated rings. The second-order valence-corrected chi connectivity index (χ2v) is 5.14. The van der Waals surface area contributed by atoms with Crippen LogP contribution in [-0.4, -0.2) is 37.1 Å². The highest BCUT2D eigenvalue weighted by Crippen LogP contribution is 2.22. The van der Waals surface area contributed by atoms with E-state index in [0.717, 1.165) is 6.54 Å². The average Bonchev–Trinajstić information content (AvgIpc) is 2.15. The summed E-state index contributed by atoms with van der Waals surface area (Å²) in [7, 11) is 2.06. The van der Waals surface area contributed by atoms with Gasteiger partial charge in [-0.3, -0.25) is 4.90 Å². The summed E-state index contributed by atoms with van der Waals surface area (Å²) in [5.74, 6) is -0.265. The minimum absolute atomic E-state index is 0.243. The number of esters is 1. The van der Waals surface area contributed by atoms with E-state index in [1.54, 1.807) is 6.92 Å². The van der Waals surface area contributed by atoms with E-state index in [2.05, 4.69) is 39.6 Å². The highest BCUT2D eigenvalue weighted by Gasteiger charge is 2.22.